The van der Waals surface area contributed by atoms with E-state index >= 15 is 0 Å². The molecule has 1 unspecified atom stereocenters. The fourth-order valence-corrected chi connectivity index (χ4v) is 1.98. The molecule has 1 fully saturated rings. The molecule has 1 saturated carbocycles. The highest BCUT2D eigenvalue weighted by atomic mass is 14.9. The van der Waals surface area contributed by atoms with Crippen LogP contribution in [0, 0.1) is 6.42 Å². The molecule has 75 valence electrons. The third-order valence-corrected chi connectivity index (χ3v) is 2.83. The van der Waals surface area contributed by atoms with Crippen LogP contribution in [0.5, 0.6) is 0 Å². The van der Waals surface area contributed by atoms with Gasteiger partial charge in [-0.2, -0.15) is 0 Å². The summed E-state index contributed by atoms with van der Waals surface area (Å²) in [5.74, 6) is 0. The van der Waals surface area contributed by atoms with Crippen molar-refractivity contribution in [3.63, 3.8) is 0 Å². The van der Waals surface area contributed by atoms with Gasteiger partial charge in [-0.15, -0.1) is 0 Å². The Morgan fingerprint density at radius 3 is 2.71 bits per heavy atom. The summed E-state index contributed by atoms with van der Waals surface area (Å²) in [5.41, 5.74) is 1.38. The first-order valence-electron chi connectivity index (χ1n) is 5.56. The maximum absolute atomic E-state index is 3.58. The first-order chi connectivity index (χ1) is 6.95. The van der Waals surface area contributed by atoms with Gasteiger partial charge in [-0.25, -0.2) is 0 Å². The van der Waals surface area contributed by atoms with Crippen molar-refractivity contribution >= 4 is 0 Å². The molecule has 1 aromatic carbocycles. The van der Waals surface area contributed by atoms with E-state index in [1.807, 2.05) is 0 Å². The number of rotatable bonds is 3. The third kappa shape index (κ3) is 2.85. The van der Waals surface area contributed by atoms with Crippen LogP contribution in [-0.2, 0) is 6.54 Å². The lowest BCUT2D eigenvalue weighted by atomic mass is 9.95. The summed E-state index contributed by atoms with van der Waals surface area (Å²) in [6, 6.07) is 11.3. The Morgan fingerprint density at radius 1 is 1.14 bits per heavy atom. The summed E-state index contributed by atoms with van der Waals surface area (Å²) in [6.07, 6.45) is 7.78. The minimum atomic E-state index is 0.643. The number of benzene rings is 1. The van der Waals surface area contributed by atoms with Gasteiger partial charge < -0.3 is 5.32 Å². The predicted molar refractivity (Wildman–Crippen MR) is 59.8 cm³/mol. The largest absolute Gasteiger partial charge is 0.310 e. The van der Waals surface area contributed by atoms with Gasteiger partial charge in [-0.05, 0) is 24.8 Å². The second-order valence-electron chi connectivity index (χ2n) is 3.99. The van der Waals surface area contributed by atoms with Crippen molar-refractivity contribution < 1.29 is 0 Å². The zero-order chi connectivity index (χ0) is 9.64. The van der Waals surface area contributed by atoms with Gasteiger partial charge in [0.1, 0.15) is 0 Å². The minimum Gasteiger partial charge on any atom is -0.310 e. The Hall–Kier alpha value is -0.820. The van der Waals surface area contributed by atoms with Gasteiger partial charge in [0, 0.05) is 12.6 Å². The fourth-order valence-electron chi connectivity index (χ4n) is 1.98. The topological polar surface area (TPSA) is 12.0 Å². The normalized spacial score (nSPS) is 18.3. The Morgan fingerprint density at radius 2 is 2.00 bits per heavy atom. The second-order valence-corrected chi connectivity index (χ2v) is 3.99. The Kier molecular flexibility index (Phi) is 3.58. The summed E-state index contributed by atoms with van der Waals surface area (Å²) in [7, 11) is 0. The van der Waals surface area contributed by atoms with Gasteiger partial charge in [0.05, 0.1) is 0 Å². The molecule has 1 aromatic rings. The van der Waals surface area contributed by atoms with Crippen LogP contribution in [0.15, 0.2) is 30.3 Å². The van der Waals surface area contributed by atoms with Gasteiger partial charge in [-0.1, -0.05) is 43.2 Å². The van der Waals surface area contributed by atoms with Crippen LogP contribution < -0.4 is 5.32 Å². The SMILES string of the molecule is [CH]1CCCCC1NCc1ccccc1. The highest BCUT2D eigenvalue weighted by molar-refractivity contribution is 5.14. The van der Waals surface area contributed by atoms with Crippen LogP contribution in [-0.4, -0.2) is 6.04 Å². The summed E-state index contributed by atoms with van der Waals surface area (Å²) in [4.78, 5) is 0. The molecule has 0 saturated heterocycles. The van der Waals surface area contributed by atoms with Gasteiger partial charge in [0.25, 0.3) is 0 Å². The van der Waals surface area contributed by atoms with Crippen molar-refractivity contribution in [2.24, 2.45) is 0 Å². The third-order valence-electron chi connectivity index (χ3n) is 2.83. The van der Waals surface area contributed by atoms with Crippen LogP contribution in [0.4, 0.5) is 0 Å². The van der Waals surface area contributed by atoms with Gasteiger partial charge in [-0.3, -0.25) is 0 Å². The maximum atomic E-state index is 3.58. The van der Waals surface area contributed by atoms with Crippen molar-refractivity contribution in [1.29, 1.82) is 0 Å². The van der Waals surface area contributed by atoms with Crippen molar-refractivity contribution in [2.75, 3.05) is 0 Å². The Labute approximate surface area is 86.5 Å². The molecule has 0 amide bonds. The maximum Gasteiger partial charge on any atom is 0.0208 e. The second kappa shape index (κ2) is 5.16. The number of nitrogens with one attached hydrogen (secondary N) is 1. The zero-order valence-corrected chi connectivity index (χ0v) is 8.58. The molecule has 1 aliphatic rings. The molecule has 1 N–H and O–H groups in total. The van der Waals surface area contributed by atoms with Gasteiger partial charge in [0.15, 0.2) is 0 Å². The average molecular weight is 188 g/mol. The molecule has 0 aromatic heterocycles. The summed E-state index contributed by atoms with van der Waals surface area (Å²) < 4.78 is 0. The first kappa shape index (κ1) is 9.72. The van der Waals surface area contributed by atoms with Crippen molar-refractivity contribution in [2.45, 2.75) is 38.3 Å². The number of hydrogen-bond acceptors (Lipinski definition) is 1. The van der Waals surface area contributed by atoms with Crippen molar-refractivity contribution in [3.8, 4) is 0 Å². The molecule has 1 aliphatic carbocycles. The molecule has 1 nitrogen and oxygen atoms in total. The smallest absolute Gasteiger partial charge is 0.0208 e. The van der Waals surface area contributed by atoms with E-state index < -0.39 is 0 Å². The Balaban J connectivity index is 1.76. The van der Waals surface area contributed by atoms with E-state index in [4.69, 9.17) is 0 Å². The van der Waals surface area contributed by atoms with E-state index in [2.05, 4.69) is 42.1 Å². The zero-order valence-electron chi connectivity index (χ0n) is 8.58. The molecule has 2 rings (SSSR count). The summed E-state index contributed by atoms with van der Waals surface area (Å²) >= 11 is 0. The van der Waals surface area contributed by atoms with E-state index in [1.165, 1.54) is 31.2 Å². The number of hydrogen-bond donors (Lipinski definition) is 1. The van der Waals surface area contributed by atoms with E-state index in [-0.39, 0.29) is 0 Å². The molecule has 0 spiro atoms. The van der Waals surface area contributed by atoms with Gasteiger partial charge >= 0.3 is 0 Å². The lowest BCUT2D eigenvalue weighted by molar-refractivity contribution is 0.447. The molecule has 0 heterocycles. The van der Waals surface area contributed by atoms with E-state index in [1.54, 1.807) is 0 Å². The average Bonchev–Trinajstić information content (AvgIpc) is 2.29. The Bertz CT molecular complexity index is 249. The monoisotopic (exact) mass is 188 g/mol. The minimum absolute atomic E-state index is 0.643. The molecule has 14 heavy (non-hydrogen) atoms. The van der Waals surface area contributed by atoms with Crippen molar-refractivity contribution in [3.05, 3.63) is 42.3 Å². The quantitative estimate of drug-likeness (QED) is 0.769. The molecular weight excluding hydrogens is 170 g/mol. The lowest BCUT2D eigenvalue weighted by Gasteiger charge is -2.22. The highest BCUT2D eigenvalue weighted by Crippen LogP contribution is 2.16. The predicted octanol–water partition coefficient (Wildman–Crippen LogP) is 2.92. The molecule has 1 heteroatoms. The van der Waals surface area contributed by atoms with Crippen LogP contribution >= 0.6 is 0 Å². The summed E-state index contributed by atoms with van der Waals surface area (Å²) in [5, 5.41) is 3.58. The first-order valence-corrected chi connectivity index (χ1v) is 5.56. The van der Waals surface area contributed by atoms with Crippen molar-refractivity contribution in [1.82, 2.24) is 5.32 Å². The van der Waals surface area contributed by atoms with Crippen LogP contribution in [0.25, 0.3) is 0 Å². The molecule has 0 aliphatic heterocycles. The van der Waals surface area contributed by atoms with E-state index in [0.717, 1.165) is 6.54 Å². The van der Waals surface area contributed by atoms with Crippen LogP contribution in [0.1, 0.15) is 31.2 Å². The van der Waals surface area contributed by atoms with Crippen LogP contribution in [0.2, 0.25) is 0 Å². The lowest BCUT2D eigenvalue weighted by Crippen LogP contribution is -2.30. The highest BCUT2D eigenvalue weighted by Gasteiger charge is 2.12. The fraction of sp³-hybridized carbons (Fsp3) is 0.462. The molecule has 0 bridgehead atoms. The molecular formula is C13H18N. The van der Waals surface area contributed by atoms with Gasteiger partial charge in [0.2, 0.25) is 0 Å². The molecule has 1 atom stereocenters. The van der Waals surface area contributed by atoms with E-state index in [0.29, 0.717) is 6.04 Å². The van der Waals surface area contributed by atoms with Crippen LogP contribution in [0.3, 0.4) is 0 Å². The standard InChI is InChI=1S/C13H18N/c1-3-7-12(8-4-1)11-14-13-9-5-2-6-10-13/h1,3-4,7-9,13-14H,2,5-6,10-11H2. The molecule has 1 radical (unpaired) electrons. The summed E-state index contributed by atoms with van der Waals surface area (Å²) in [6.45, 7) is 1.00. The van der Waals surface area contributed by atoms with E-state index in [9.17, 15) is 0 Å².